The average Bonchev–Trinajstić information content (AvgIpc) is 3.43. The summed E-state index contributed by atoms with van der Waals surface area (Å²) < 4.78 is 35.3. The highest BCUT2D eigenvalue weighted by molar-refractivity contribution is 7.89. The number of hydrogen-bond donors (Lipinski definition) is 2. The highest BCUT2D eigenvalue weighted by Crippen LogP contribution is 2.38. The average molecular weight is 506 g/mol. The van der Waals surface area contributed by atoms with E-state index in [4.69, 9.17) is 15.5 Å². The van der Waals surface area contributed by atoms with Gasteiger partial charge < -0.3 is 15.4 Å². The largest absolute Gasteiger partial charge is 0.485 e. The molecule has 12 nitrogen and oxygen atoms in total. The fourth-order valence-corrected chi connectivity index (χ4v) is 6.15. The molecule has 35 heavy (non-hydrogen) atoms. The summed E-state index contributed by atoms with van der Waals surface area (Å²) in [7, 11) is 0.568. The Morgan fingerprint density at radius 2 is 2.09 bits per heavy atom. The summed E-state index contributed by atoms with van der Waals surface area (Å²) in [4.78, 5) is 11.4. The second kappa shape index (κ2) is 10.1. The van der Waals surface area contributed by atoms with Crippen molar-refractivity contribution in [3.05, 3.63) is 18.2 Å². The van der Waals surface area contributed by atoms with Gasteiger partial charge in [-0.25, -0.2) is 17.7 Å². The molecule has 1 saturated heterocycles. The van der Waals surface area contributed by atoms with Gasteiger partial charge in [-0.3, -0.25) is 5.10 Å². The van der Waals surface area contributed by atoms with Crippen LogP contribution in [0.15, 0.2) is 12.4 Å². The molecule has 1 aliphatic rings. The standard InChI is InChI=1S/C22H35N9O3S/c1-14(2)34-19-18(16-11-24-25-12-16)26-20(31-21(19)27-22(23)28-31)17-7-9-30(13-15(17)3)35(32,33)10-6-8-29(4)5/h11-12,14-15,17H,6-10,13H2,1-5H3,(H2,23,28)(H,24,25)/t15-,17-/m0/s1. The second-order valence-corrected chi connectivity index (χ2v) is 11.8. The van der Waals surface area contributed by atoms with Crippen LogP contribution in [-0.2, 0) is 10.0 Å². The first-order valence-electron chi connectivity index (χ1n) is 11.9. The van der Waals surface area contributed by atoms with Gasteiger partial charge in [-0.1, -0.05) is 6.92 Å². The number of aromatic nitrogens is 6. The van der Waals surface area contributed by atoms with Crippen molar-refractivity contribution in [3.8, 4) is 17.0 Å². The van der Waals surface area contributed by atoms with Crippen LogP contribution in [-0.4, -0.2) is 93.0 Å². The van der Waals surface area contributed by atoms with Gasteiger partial charge in [-0.15, -0.1) is 5.10 Å². The lowest BCUT2D eigenvalue weighted by Crippen LogP contribution is -2.44. The van der Waals surface area contributed by atoms with E-state index in [9.17, 15) is 8.42 Å². The zero-order valence-corrected chi connectivity index (χ0v) is 21.8. The van der Waals surface area contributed by atoms with E-state index in [1.807, 2.05) is 32.8 Å². The molecule has 0 aliphatic carbocycles. The lowest BCUT2D eigenvalue weighted by Gasteiger charge is -2.36. The molecular weight excluding hydrogens is 470 g/mol. The van der Waals surface area contributed by atoms with Gasteiger partial charge in [-0.05, 0) is 53.2 Å². The first-order valence-corrected chi connectivity index (χ1v) is 13.5. The van der Waals surface area contributed by atoms with Crippen LogP contribution < -0.4 is 10.5 Å². The molecule has 0 bridgehead atoms. The SMILES string of the molecule is CC(C)Oc1c(-c2cn[nH]c2)nc([C@H]2CCN(S(=O)(=O)CCCN(C)C)C[C@@H]2C)n2nc(N)nc12. The van der Waals surface area contributed by atoms with Crippen LogP contribution in [0.5, 0.6) is 5.75 Å². The molecule has 1 fully saturated rings. The Balaban J connectivity index is 1.68. The molecule has 4 rings (SSSR count). The van der Waals surface area contributed by atoms with Crippen LogP contribution in [0.3, 0.4) is 0 Å². The normalized spacial score (nSPS) is 19.7. The molecule has 3 aromatic rings. The highest BCUT2D eigenvalue weighted by atomic mass is 32.2. The minimum absolute atomic E-state index is 0.0163. The molecule has 0 saturated carbocycles. The molecule has 13 heteroatoms. The van der Waals surface area contributed by atoms with Crippen LogP contribution in [0.2, 0.25) is 0 Å². The van der Waals surface area contributed by atoms with Crippen molar-refractivity contribution in [2.75, 3.05) is 45.2 Å². The molecular formula is C22H35N9O3S. The first kappa shape index (κ1) is 25.3. The Bertz CT molecular complexity index is 1250. The van der Waals surface area contributed by atoms with Gasteiger partial charge in [0, 0.05) is 30.8 Å². The molecule has 0 unspecified atom stereocenters. The van der Waals surface area contributed by atoms with Gasteiger partial charge in [0.2, 0.25) is 21.6 Å². The molecule has 0 amide bonds. The number of nitrogen functional groups attached to an aromatic ring is 1. The van der Waals surface area contributed by atoms with Crippen molar-refractivity contribution in [3.63, 3.8) is 0 Å². The Hall–Kier alpha value is -2.77. The van der Waals surface area contributed by atoms with Crippen molar-refractivity contribution in [1.29, 1.82) is 0 Å². The minimum atomic E-state index is -3.32. The third-order valence-corrected chi connectivity index (χ3v) is 8.13. The molecule has 0 spiro atoms. The van der Waals surface area contributed by atoms with E-state index in [0.29, 0.717) is 48.8 Å². The molecule has 0 radical (unpaired) electrons. The van der Waals surface area contributed by atoms with Gasteiger partial charge >= 0.3 is 0 Å². The van der Waals surface area contributed by atoms with E-state index in [2.05, 4.69) is 27.2 Å². The third-order valence-electron chi connectivity index (χ3n) is 6.21. The lowest BCUT2D eigenvalue weighted by molar-refractivity contribution is 0.235. The summed E-state index contributed by atoms with van der Waals surface area (Å²) in [6.07, 6.45) is 4.54. The number of fused-ring (bicyclic) bond motifs is 1. The molecule has 2 atom stereocenters. The van der Waals surface area contributed by atoms with Crippen LogP contribution in [0.25, 0.3) is 16.9 Å². The van der Waals surface area contributed by atoms with E-state index in [1.54, 1.807) is 21.2 Å². The summed E-state index contributed by atoms with van der Waals surface area (Å²) in [5.41, 5.74) is 7.86. The number of ether oxygens (including phenoxy) is 1. The zero-order valence-electron chi connectivity index (χ0n) is 21.0. The van der Waals surface area contributed by atoms with E-state index in [-0.39, 0.29) is 29.6 Å². The third kappa shape index (κ3) is 5.41. The maximum atomic E-state index is 12.9. The van der Waals surface area contributed by atoms with Crippen molar-refractivity contribution < 1.29 is 13.2 Å². The zero-order chi connectivity index (χ0) is 25.3. The number of nitrogens with two attached hydrogens (primary N) is 1. The number of hydrogen-bond acceptors (Lipinski definition) is 9. The Labute approximate surface area is 205 Å². The molecule has 192 valence electrons. The van der Waals surface area contributed by atoms with E-state index in [1.165, 1.54) is 0 Å². The lowest BCUT2D eigenvalue weighted by atomic mass is 9.87. The number of H-pyrrole nitrogens is 1. The topological polar surface area (TPSA) is 148 Å². The summed E-state index contributed by atoms with van der Waals surface area (Å²) in [6, 6.07) is 0. The van der Waals surface area contributed by atoms with E-state index >= 15 is 0 Å². The van der Waals surface area contributed by atoms with Crippen molar-refractivity contribution in [1.82, 2.24) is 39.0 Å². The Morgan fingerprint density at radius 1 is 1.31 bits per heavy atom. The summed E-state index contributed by atoms with van der Waals surface area (Å²) in [5, 5.41) is 11.3. The van der Waals surface area contributed by atoms with Gasteiger partial charge in [0.15, 0.2) is 5.75 Å². The smallest absolute Gasteiger partial charge is 0.240 e. The molecule has 3 aromatic heterocycles. The van der Waals surface area contributed by atoms with Crippen LogP contribution in [0, 0.1) is 5.92 Å². The van der Waals surface area contributed by atoms with Gasteiger partial charge in [0.1, 0.15) is 11.5 Å². The highest BCUT2D eigenvalue weighted by Gasteiger charge is 2.36. The van der Waals surface area contributed by atoms with Crippen LogP contribution in [0.4, 0.5) is 5.95 Å². The molecule has 4 heterocycles. The number of rotatable bonds is 9. The number of aromatic amines is 1. The fourth-order valence-electron chi connectivity index (χ4n) is 4.55. The minimum Gasteiger partial charge on any atom is -0.485 e. The summed E-state index contributed by atoms with van der Waals surface area (Å²) in [6.45, 7) is 7.50. The van der Waals surface area contributed by atoms with Crippen molar-refractivity contribution >= 4 is 21.6 Å². The maximum absolute atomic E-state index is 12.9. The molecule has 1 aliphatic heterocycles. The van der Waals surface area contributed by atoms with Crippen molar-refractivity contribution in [2.24, 2.45) is 5.92 Å². The van der Waals surface area contributed by atoms with Crippen LogP contribution >= 0.6 is 0 Å². The monoisotopic (exact) mass is 505 g/mol. The number of sulfonamides is 1. The maximum Gasteiger partial charge on any atom is 0.240 e. The van der Waals surface area contributed by atoms with Gasteiger partial charge in [0.05, 0.1) is 18.1 Å². The summed E-state index contributed by atoms with van der Waals surface area (Å²) >= 11 is 0. The Kier molecular flexibility index (Phi) is 7.29. The Morgan fingerprint density at radius 3 is 2.71 bits per heavy atom. The quantitative estimate of drug-likeness (QED) is 0.442. The first-order chi connectivity index (χ1) is 16.6. The summed E-state index contributed by atoms with van der Waals surface area (Å²) in [5.74, 6) is 1.43. The number of piperidine rings is 1. The van der Waals surface area contributed by atoms with Gasteiger partial charge in [-0.2, -0.15) is 14.6 Å². The number of anilines is 1. The molecule has 0 aromatic carbocycles. The van der Waals surface area contributed by atoms with E-state index in [0.717, 1.165) is 12.1 Å². The van der Waals surface area contributed by atoms with Gasteiger partial charge in [0.25, 0.3) is 0 Å². The van der Waals surface area contributed by atoms with Crippen molar-refractivity contribution in [2.45, 2.75) is 45.6 Å². The van der Waals surface area contributed by atoms with E-state index < -0.39 is 10.0 Å². The fraction of sp³-hybridized carbons (Fsp3) is 0.636. The predicted octanol–water partition coefficient (Wildman–Crippen LogP) is 1.59. The second-order valence-electron chi connectivity index (χ2n) is 9.71. The molecule has 3 N–H and O–H groups in total. The van der Waals surface area contributed by atoms with Crippen LogP contribution in [0.1, 0.15) is 45.4 Å². The predicted molar refractivity (Wildman–Crippen MR) is 134 cm³/mol. The number of nitrogens with zero attached hydrogens (tertiary/aromatic N) is 7. The number of nitrogens with one attached hydrogen (secondary N) is 1.